The Balaban J connectivity index is 1.99. The fraction of sp³-hybridized carbons (Fsp3) is 0.545. The van der Waals surface area contributed by atoms with Gasteiger partial charge in [-0.05, 0) is 44.7 Å². The van der Waals surface area contributed by atoms with Crippen LogP contribution in [0, 0.1) is 5.92 Å². The maximum atomic E-state index is 12.3. The van der Waals surface area contributed by atoms with Gasteiger partial charge in [-0.1, -0.05) is 57.2 Å². The maximum Gasteiger partial charge on any atom is 0.408 e. The van der Waals surface area contributed by atoms with Gasteiger partial charge in [-0.15, -0.1) is 10.2 Å². The second-order valence-corrected chi connectivity index (χ2v) is 9.19. The van der Waals surface area contributed by atoms with E-state index in [1.54, 1.807) is 20.8 Å². The van der Waals surface area contributed by atoms with Crippen LogP contribution in [-0.4, -0.2) is 33.6 Å². The average Bonchev–Trinajstić information content (AvgIpc) is 3.17. The third-order valence-electron chi connectivity index (χ3n) is 4.57. The van der Waals surface area contributed by atoms with E-state index in [2.05, 4.69) is 20.8 Å². The third kappa shape index (κ3) is 7.90. The van der Waals surface area contributed by atoms with E-state index in [0.717, 1.165) is 35.9 Å². The van der Waals surface area contributed by atoms with Gasteiger partial charge in [0, 0.05) is 5.69 Å². The van der Waals surface area contributed by atoms with Gasteiger partial charge >= 0.3 is 6.09 Å². The molecular formula is C22H32N4O4S. The maximum absolute atomic E-state index is 12.3. The van der Waals surface area contributed by atoms with E-state index in [-0.39, 0.29) is 22.8 Å². The number of rotatable bonds is 9. The highest BCUT2D eigenvalue weighted by atomic mass is 32.2. The molecule has 0 spiro atoms. The molecule has 0 bridgehead atoms. The Labute approximate surface area is 187 Å². The molecule has 0 aliphatic carbocycles. The number of ether oxygens (including phenoxy) is 1. The van der Waals surface area contributed by atoms with Crippen molar-refractivity contribution in [3.05, 3.63) is 35.7 Å². The molecule has 31 heavy (non-hydrogen) atoms. The lowest BCUT2D eigenvalue weighted by Gasteiger charge is -2.24. The highest BCUT2D eigenvalue weighted by molar-refractivity contribution is 7.99. The van der Waals surface area contributed by atoms with E-state index in [4.69, 9.17) is 9.15 Å². The molecule has 0 aliphatic heterocycles. The van der Waals surface area contributed by atoms with Gasteiger partial charge in [-0.25, -0.2) is 4.79 Å². The first kappa shape index (κ1) is 24.7. The highest BCUT2D eigenvalue weighted by Gasteiger charge is 2.28. The van der Waals surface area contributed by atoms with Gasteiger partial charge in [-0.2, -0.15) is 0 Å². The van der Waals surface area contributed by atoms with Gasteiger partial charge < -0.3 is 19.8 Å². The van der Waals surface area contributed by atoms with E-state index in [0.29, 0.717) is 5.89 Å². The number of benzene rings is 1. The molecule has 2 amide bonds. The smallest absolute Gasteiger partial charge is 0.408 e. The van der Waals surface area contributed by atoms with Crippen molar-refractivity contribution in [1.29, 1.82) is 0 Å². The number of hydrogen-bond donors (Lipinski definition) is 2. The van der Waals surface area contributed by atoms with Gasteiger partial charge in [0.25, 0.3) is 5.22 Å². The lowest BCUT2D eigenvalue weighted by atomic mass is 9.99. The molecule has 2 atom stereocenters. The molecule has 2 aromatic rings. The third-order valence-corrected chi connectivity index (χ3v) is 5.39. The molecule has 0 aliphatic rings. The molecule has 2 rings (SSSR count). The number of nitrogens with zero attached hydrogens (tertiary/aromatic N) is 2. The number of anilines is 1. The molecule has 1 heterocycles. The number of carbonyl (C=O) groups excluding carboxylic acids is 2. The lowest BCUT2D eigenvalue weighted by molar-refractivity contribution is -0.113. The van der Waals surface area contributed by atoms with Crippen LogP contribution in [0.3, 0.4) is 0 Å². The minimum Gasteiger partial charge on any atom is -0.444 e. The van der Waals surface area contributed by atoms with Crippen molar-refractivity contribution < 1.29 is 18.7 Å². The van der Waals surface area contributed by atoms with Crippen LogP contribution in [0.4, 0.5) is 10.5 Å². The summed E-state index contributed by atoms with van der Waals surface area (Å²) in [5.74, 6) is 0.322. The van der Waals surface area contributed by atoms with Crippen molar-refractivity contribution >= 4 is 29.4 Å². The van der Waals surface area contributed by atoms with Crippen LogP contribution in [0.25, 0.3) is 0 Å². The molecule has 0 fully saturated rings. The van der Waals surface area contributed by atoms with Crippen molar-refractivity contribution in [2.75, 3.05) is 11.1 Å². The Bertz CT molecular complexity index is 878. The number of amides is 2. The minimum atomic E-state index is -0.607. The van der Waals surface area contributed by atoms with E-state index in [9.17, 15) is 9.59 Å². The zero-order chi connectivity index (χ0) is 23.0. The molecule has 170 valence electrons. The fourth-order valence-electron chi connectivity index (χ4n) is 2.79. The molecule has 1 unspecified atom stereocenters. The average molecular weight is 449 g/mol. The van der Waals surface area contributed by atoms with Crippen molar-refractivity contribution in [1.82, 2.24) is 15.5 Å². The number of aromatic nitrogens is 2. The number of thioether (sulfide) groups is 1. The summed E-state index contributed by atoms with van der Waals surface area (Å²) in [6.07, 6.45) is 1.09. The van der Waals surface area contributed by atoms with E-state index < -0.39 is 17.7 Å². The van der Waals surface area contributed by atoms with Crippen molar-refractivity contribution in [3.8, 4) is 0 Å². The van der Waals surface area contributed by atoms with Crippen LogP contribution >= 0.6 is 11.8 Å². The number of nitrogens with one attached hydrogen (secondary N) is 2. The van der Waals surface area contributed by atoms with Crippen molar-refractivity contribution in [2.45, 2.75) is 71.2 Å². The van der Waals surface area contributed by atoms with Crippen LogP contribution in [0.15, 0.2) is 33.9 Å². The van der Waals surface area contributed by atoms with E-state index in [1.807, 2.05) is 45.0 Å². The molecule has 9 heteroatoms. The van der Waals surface area contributed by atoms with Gasteiger partial charge in [0.1, 0.15) is 11.6 Å². The molecule has 1 aromatic carbocycles. The predicted octanol–water partition coefficient (Wildman–Crippen LogP) is 4.97. The SMILES string of the molecule is CCc1ccccc1NC(=O)CSc1nnc([C@@H](NC(=O)OC(C)(C)C)C(C)CC)o1. The summed E-state index contributed by atoms with van der Waals surface area (Å²) in [6.45, 7) is 11.4. The summed E-state index contributed by atoms with van der Waals surface area (Å²) in [4.78, 5) is 24.6. The van der Waals surface area contributed by atoms with Crippen LogP contribution in [0.1, 0.15) is 65.5 Å². The summed E-state index contributed by atoms with van der Waals surface area (Å²) in [7, 11) is 0. The Kier molecular flexibility index (Phi) is 8.91. The van der Waals surface area contributed by atoms with Crippen molar-refractivity contribution in [2.24, 2.45) is 5.92 Å². The lowest BCUT2D eigenvalue weighted by Crippen LogP contribution is -2.37. The van der Waals surface area contributed by atoms with Gasteiger partial charge in [0.05, 0.1) is 5.75 Å². The number of carbonyl (C=O) groups is 2. The first-order valence-electron chi connectivity index (χ1n) is 10.5. The number of alkyl carbamates (subject to hydrolysis) is 1. The normalized spacial score (nSPS) is 13.4. The summed E-state index contributed by atoms with van der Waals surface area (Å²) < 4.78 is 11.1. The second kappa shape index (κ2) is 11.2. The van der Waals surface area contributed by atoms with Crippen LogP contribution in [-0.2, 0) is 16.0 Å². The zero-order valence-electron chi connectivity index (χ0n) is 19.0. The van der Waals surface area contributed by atoms with Crippen LogP contribution in [0.2, 0.25) is 0 Å². The fourth-order valence-corrected chi connectivity index (χ4v) is 3.36. The Morgan fingerprint density at radius 2 is 1.90 bits per heavy atom. The number of aryl methyl sites for hydroxylation is 1. The summed E-state index contributed by atoms with van der Waals surface area (Å²) in [5.41, 5.74) is 1.27. The molecule has 1 aromatic heterocycles. The standard InChI is InChI=1S/C22H32N4O4S/c1-7-14(3)18(24-20(28)30-22(4,5)6)19-25-26-21(29-19)31-13-17(27)23-16-12-10-9-11-15(16)8-2/h9-12,14,18H,7-8,13H2,1-6H3,(H,23,27)(H,24,28)/t14?,18-/m0/s1. The second-order valence-electron chi connectivity index (χ2n) is 8.26. The summed E-state index contributed by atoms with van der Waals surface area (Å²) in [5, 5.41) is 14.1. The van der Waals surface area contributed by atoms with E-state index >= 15 is 0 Å². The largest absolute Gasteiger partial charge is 0.444 e. The monoisotopic (exact) mass is 448 g/mol. The first-order valence-corrected chi connectivity index (χ1v) is 11.4. The highest BCUT2D eigenvalue weighted by Crippen LogP contribution is 2.27. The molecule has 0 saturated heterocycles. The Hall–Kier alpha value is -2.55. The van der Waals surface area contributed by atoms with Gasteiger partial charge in [-0.3, -0.25) is 4.79 Å². The predicted molar refractivity (Wildman–Crippen MR) is 121 cm³/mol. The van der Waals surface area contributed by atoms with Crippen LogP contribution < -0.4 is 10.6 Å². The minimum absolute atomic E-state index is 0.0552. The zero-order valence-corrected chi connectivity index (χ0v) is 19.8. The number of para-hydroxylation sites is 1. The molecule has 0 radical (unpaired) electrons. The van der Waals surface area contributed by atoms with Crippen molar-refractivity contribution in [3.63, 3.8) is 0 Å². The summed E-state index contributed by atoms with van der Waals surface area (Å²) >= 11 is 1.15. The van der Waals surface area contributed by atoms with Crippen LogP contribution in [0.5, 0.6) is 0 Å². The van der Waals surface area contributed by atoms with Gasteiger partial charge in [0.15, 0.2) is 0 Å². The topological polar surface area (TPSA) is 106 Å². The quantitative estimate of drug-likeness (QED) is 0.521. The van der Waals surface area contributed by atoms with Gasteiger partial charge in [0.2, 0.25) is 11.8 Å². The Morgan fingerprint density at radius 3 is 2.55 bits per heavy atom. The molecule has 2 N–H and O–H groups in total. The molecular weight excluding hydrogens is 416 g/mol. The Morgan fingerprint density at radius 1 is 1.19 bits per heavy atom. The molecule has 8 nitrogen and oxygen atoms in total. The molecule has 0 saturated carbocycles. The number of hydrogen-bond acceptors (Lipinski definition) is 7. The summed E-state index contributed by atoms with van der Waals surface area (Å²) in [6, 6.07) is 7.22. The first-order chi connectivity index (χ1) is 14.6. The van der Waals surface area contributed by atoms with E-state index in [1.165, 1.54) is 0 Å².